The summed E-state index contributed by atoms with van der Waals surface area (Å²) in [4.78, 5) is 14.2. The van der Waals surface area contributed by atoms with Crippen molar-refractivity contribution < 1.29 is 9.90 Å². The number of benzene rings is 1. The number of allylic oxidation sites excluding steroid dienone is 4. The van der Waals surface area contributed by atoms with E-state index in [9.17, 15) is 9.90 Å². The van der Waals surface area contributed by atoms with Gasteiger partial charge in [0.15, 0.2) is 5.78 Å². The summed E-state index contributed by atoms with van der Waals surface area (Å²) in [6.07, 6.45) is 8.34. The summed E-state index contributed by atoms with van der Waals surface area (Å²) < 4.78 is 0. The maximum absolute atomic E-state index is 12.1. The molecule has 4 aliphatic carbocycles. The number of aliphatic hydroxyl groups is 1. The van der Waals surface area contributed by atoms with Gasteiger partial charge >= 0.3 is 0 Å². The highest BCUT2D eigenvalue weighted by atomic mass is 35.5. The van der Waals surface area contributed by atoms with Crippen molar-refractivity contribution in [2.24, 2.45) is 17.3 Å². The molecule has 0 bridgehead atoms. The molecule has 1 N–H and O–H groups in total. The van der Waals surface area contributed by atoms with Crippen molar-refractivity contribution in [1.29, 1.82) is 0 Å². The number of carbonyl (C=O) groups excluding carboxylic acids is 1. The van der Waals surface area contributed by atoms with E-state index >= 15 is 0 Å². The molecule has 4 heteroatoms. The third-order valence-corrected chi connectivity index (χ3v) is 8.86. The molecule has 5 unspecified atom stereocenters. The Morgan fingerprint density at radius 2 is 1.93 bits per heavy atom. The molecule has 30 heavy (non-hydrogen) atoms. The normalized spacial score (nSPS) is 35.5. The first kappa shape index (κ1) is 20.3. The van der Waals surface area contributed by atoms with Crippen LogP contribution in [0.1, 0.15) is 63.4 Å². The number of rotatable bonds is 2. The number of halogens is 1. The second kappa shape index (κ2) is 7.24. The summed E-state index contributed by atoms with van der Waals surface area (Å²) in [5.41, 5.74) is 6.62. The predicted molar refractivity (Wildman–Crippen MR) is 122 cm³/mol. The van der Waals surface area contributed by atoms with Crippen molar-refractivity contribution in [3.8, 4) is 0 Å². The van der Waals surface area contributed by atoms with Crippen molar-refractivity contribution in [3.63, 3.8) is 0 Å². The van der Waals surface area contributed by atoms with Gasteiger partial charge in [-0.25, -0.2) is 0 Å². The molecule has 0 heterocycles. The fourth-order valence-electron chi connectivity index (χ4n) is 7.02. The number of carbonyl (C=O) groups is 1. The van der Waals surface area contributed by atoms with Crippen LogP contribution in [0.5, 0.6) is 0 Å². The van der Waals surface area contributed by atoms with Crippen LogP contribution in [-0.2, 0) is 4.79 Å². The van der Waals surface area contributed by atoms with Crippen molar-refractivity contribution >= 4 is 23.1 Å². The fourth-order valence-corrected chi connectivity index (χ4v) is 7.31. The van der Waals surface area contributed by atoms with E-state index < -0.39 is 0 Å². The lowest BCUT2D eigenvalue weighted by molar-refractivity contribution is -0.114. The molecule has 0 aliphatic heterocycles. The summed E-state index contributed by atoms with van der Waals surface area (Å²) >= 11 is 6.49. The first-order chi connectivity index (χ1) is 14.3. The van der Waals surface area contributed by atoms with Crippen molar-refractivity contribution in [1.82, 2.24) is 0 Å². The van der Waals surface area contributed by atoms with Crippen LogP contribution in [0.25, 0.3) is 0 Å². The number of ketones is 1. The molecule has 5 atom stereocenters. The van der Waals surface area contributed by atoms with Gasteiger partial charge in [0, 0.05) is 26.4 Å². The Morgan fingerprint density at radius 3 is 2.70 bits per heavy atom. The van der Waals surface area contributed by atoms with E-state index in [1.807, 2.05) is 26.2 Å². The van der Waals surface area contributed by atoms with Crippen LogP contribution >= 0.6 is 11.6 Å². The van der Waals surface area contributed by atoms with Crippen LogP contribution in [0.2, 0.25) is 5.02 Å². The summed E-state index contributed by atoms with van der Waals surface area (Å²) in [5.74, 6) is 1.63. The molecule has 0 saturated heterocycles. The molecule has 5 rings (SSSR count). The lowest BCUT2D eigenvalue weighted by Gasteiger charge is -2.52. The molecular weight excluding hydrogens is 394 g/mol. The van der Waals surface area contributed by atoms with Crippen LogP contribution in [-0.4, -0.2) is 31.1 Å². The van der Waals surface area contributed by atoms with Gasteiger partial charge in [-0.15, -0.1) is 0 Å². The van der Waals surface area contributed by atoms with Crippen LogP contribution < -0.4 is 4.90 Å². The monoisotopic (exact) mass is 425 g/mol. The minimum atomic E-state index is -0.220. The van der Waals surface area contributed by atoms with Gasteiger partial charge < -0.3 is 10.0 Å². The van der Waals surface area contributed by atoms with Gasteiger partial charge in [-0.05, 0) is 90.7 Å². The maximum atomic E-state index is 12.1. The van der Waals surface area contributed by atoms with Gasteiger partial charge in [0.05, 0.1) is 16.8 Å². The molecule has 2 saturated carbocycles. The average Bonchev–Trinajstić information content (AvgIpc) is 3.01. The first-order valence-electron chi connectivity index (χ1n) is 11.4. The van der Waals surface area contributed by atoms with E-state index in [1.165, 1.54) is 16.7 Å². The van der Waals surface area contributed by atoms with Crippen molar-refractivity contribution in [2.45, 2.75) is 63.9 Å². The molecule has 0 spiro atoms. The zero-order valence-corrected chi connectivity index (χ0v) is 19.0. The quantitative estimate of drug-likeness (QED) is 0.663. The molecule has 1 aromatic carbocycles. The second-order valence-electron chi connectivity index (χ2n) is 10.3. The van der Waals surface area contributed by atoms with E-state index in [0.717, 1.165) is 49.2 Å². The third-order valence-electron chi connectivity index (χ3n) is 8.54. The summed E-state index contributed by atoms with van der Waals surface area (Å²) in [5, 5.41) is 11.8. The Bertz CT molecular complexity index is 962. The first-order valence-corrected chi connectivity index (χ1v) is 11.8. The Kier molecular flexibility index (Phi) is 4.91. The van der Waals surface area contributed by atoms with E-state index in [4.69, 9.17) is 11.6 Å². The molecule has 160 valence electrons. The van der Waals surface area contributed by atoms with Crippen LogP contribution in [0.4, 0.5) is 5.69 Å². The smallest absolute Gasteiger partial charge is 0.156 e. The average molecular weight is 426 g/mol. The summed E-state index contributed by atoms with van der Waals surface area (Å²) in [6, 6.07) is 6.45. The summed E-state index contributed by atoms with van der Waals surface area (Å²) in [6.45, 7) is 2.32. The van der Waals surface area contributed by atoms with Gasteiger partial charge in [-0.3, -0.25) is 4.79 Å². The standard InChI is InChI=1S/C26H32ClNO2/c1-26-14-20(16-5-10-22(27)23(13-16)28(2)3)25-18-8-6-17(29)12-15(18)4-7-19(25)21(26)9-11-24(26)30/h5,10,12-13,19-21,24,30H,4,6-9,11,14H2,1-3H3. The number of nitrogens with zero attached hydrogens (tertiary/aromatic N) is 1. The molecule has 0 amide bonds. The lowest BCUT2D eigenvalue weighted by Crippen LogP contribution is -2.45. The minimum Gasteiger partial charge on any atom is -0.393 e. The van der Waals surface area contributed by atoms with Gasteiger partial charge in [0.2, 0.25) is 0 Å². The molecule has 3 nitrogen and oxygen atoms in total. The lowest BCUT2D eigenvalue weighted by atomic mass is 9.53. The van der Waals surface area contributed by atoms with E-state index in [-0.39, 0.29) is 23.2 Å². The molecule has 0 aromatic heterocycles. The Balaban J connectivity index is 1.69. The van der Waals surface area contributed by atoms with Crippen molar-refractivity contribution in [3.05, 3.63) is 51.6 Å². The van der Waals surface area contributed by atoms with E-state index in [1.54, 1.807) is 5.57 Å². The van der Waals surface area contributed by atoms with Crippen molar-refractivity contribution in [2.75, 3.05) is 19.0 Å². The van der Waals surface area contributed by atoms with Crippen LogP contribution in [0.15, 0.2) is 41.0 Å². The largest absolute Gasteiger partial charge is 0.393 e. The van der Waals surface area contributed by atoms with Crippen LogP contribution in [0.3, 0.4) is 0 Å². The van der Waals surface area contributed by atoms with E-state index in [0.29, 0.717) is 18.3 Å². The SMILES string of the molecule is CN(C)c1cc(C2CC3(C)C(O)CCC3C3CCC4=CC(=O)CCC4=C23)ccc1Cl. The topological polar surface area (TPSA) is 40.5 Å². The minimum absolute atomic E-state index is 0.0387. The number of hydrogen-bond donors (Lipinski definition) is 1. The highest BCUT2D eigenvalue weighted by molar-refractivity contribution is 6.33. The third kappa shape index (κ3) is 3.00. The van der Waals surface area contributed by atoms with Gasteiger partial charge in [0.1, 0.15) is 0 Å². The Hall–Kier alpha value is -1.58. The molecule has 0 radical (unpaired) electrons. The van der Waals surface area contributed by atoms with Crippen LogP contribution in [0, 0.1) is 17.3 Å². The van der Waals surface area contributed by atoms with Gasteiger partial charge in [-0.1, -0.05) is 30.2 Å². The number of anilines is 1. The predicted octanol–water partition coefficient (Wildman–Crippen LogP) is 5.67. The summed E-state index contributed by atoms with van der Waals surface area (Å²) in [7, 11) is 4.06. The molecular formula is C26H32ClNO2. The zero-order valence-electron chi connectivity index (χ0n) is 18.2. The second-order valence-corrected chi connectivity index (χ2v) is 10.7. The zero-order chi connectivity index (χ0) is 21.2. The molecule has 4 aliphatic rings. The highest BCUT2D eigenvalue weighted by Crippen LogP contribution is 2.64. The maximum Gasteiger partial charge on any atom is 0.156 e. The molecule has 1 aromatic rings. The number of hydrogen-bond acceptors (Lipinski definition) is 3. The highest BCUT2D eigenvalue weighted by Gasteiger charge is 2.56. The van der Waals surface area contributed by atoms with Gasteiger partial charge in [0.25, 0.3) is 0 Å². The number of aliphatic hydroxyl groups excluding tert-OH is 1. The number of fused-ring (bicyclic) bond motifs is 4. The Labute approximate surface area is 184 Å². The molecule has 2 fully saturated rings. The van der Waals surface area contributed by atoms with Gasteiger partial charge in [-0.2, -0.15) is 0 Å². The van der Waals surface area contributed by atoms with E-state index in [2.05, 4.69) is 24.0 Å². The Morgan fingerprint density at radius 1 is 1.13 bits per heavy atom. The fraction of sp³-hybridized carbons (Fsp3) is 0.577.